The molecule has 0 saturated heterocycles. The Balaban J connectivity index is 2.27. The standard InChI is InChI=1S/C11H11ClO3/c1-14-9-2-3-10-7(5-9)4-8(6-15-10)11(12)13/h2-3,5,8H,4,6H2,1H3. The third-order valence-electron chi connectivity index (χ3n) is 2.49. The summed E-state index contributed by atoms with van der Waals surface area (Å²) in [6, 6.07) is 5.56. The quantitative estimate of drug-likeness (QED) is 0.724. The molecule has 2 rings (SSSR count). The summed E-state index contributed by atoms with van der Waals surface area (Å²) in [5.74, 6) is 1.33. The van der Waals surface area contributed by atoms with Gasteiger partial charge in [0, 0.05) is 0 Å². The molecule has 1 atom stereocenters. The van der Waals surface area contributed by atoms with E-state index in [1.54, 1.807) is 7.11 Å². The lowest BCUT2D eigenvalue weighted by Gasteiger charge is -2.22. The van der Waals surface area contributed by atoms with Crippen molar-refractivity contribution in [1.82, 2.24) is 0 Å². The van der Waals surface area contributed by atoms with Gasteiger partial charge in [-0.1, -0.05) is 0 Å². The molecule has 1 heterocycles. The van der Waals surface area contributed by atoms with Gasteiger partial charge in [-0.2, -0.15) is 0 Å². The molecule has 1 unspecified atom stereocenters. The summed E-state index contributed by atoms with van der Waals surface area (Å²) in [6.07, 6.45) is 0.620. The predicted molar refractivity (Wildman–Crippen MR) is 56.5 cm³/mol. The van der Waals surface area contributed by atoms with E-state index in [1.165, 1.54) is 0 Å². The van der Waals surface area contributed by atoms with Crippen molar-refractivity contribution < 1.29 is 14.3 Å². The summed E-state index contributed by atoms with van der Waals surface area (Å²) in [7, 11) is 1.61. The van der Waals surface area contributed by atoms with Crippen LogP contribution >= 0.6 is 11.6 Å². The molecular weight excluding hydrogens is 216 g/mol. The Labute approximate surface area is 92.9 Å². The summed E-state index contributed by atoms with van der Waals surface area (Å²) >= 11 is 5.45. The molecule has 0 radical (unpaired) electrons. The molecule has 3 nitrogen and oxygen atoms in total. The third-order valence-corrected chi connectivity index (χ3v) is 2.80. The lowest BCUT2D eigenvalue weighted by molar-refractivity contribution is -0.116. The molecule has 0 aliphatic carbocycles. The number of ether oxygens (including phenoxy) is 2. The first-order valence-corrected chi connectivity index (χ1v) is 5.07. The number of carbonyl (C=O) groups excluding carboxylic acids is 1. The fourth-order valence-corrected chi connectivity index (χ4v) is 1.78. The maximum absolute atomic E-state index is 11.0. The van der Waals surface area contributed by atoms with Crippen molar-refractivity contribution >= 4 is 16.8 Å². The van der Waals surface area contributed by atoms with E-state index >= 15 is 0 Å². The molecule has 1 aromatic carbocycles. The van der Waals surface area contributed by atoms with Crippen LogP contribution in [0.4, 0.5) is 0 Å². The van der Waals surface area contributed by atoms with Gasteiger partial charge >= 0.3 is 0 Å². The molecule has 0 spiro atoms. The lowest BCUT2D eigenvalue weighted by Crippen LogP contribution is -2.25. The smallest absolute Gasteiger partial charge is 0.228 e. The van der Waals surface area contributed by atoms with Crippen LogP contribution in [0.3, 0.4) is 0 Å². The zero-order valence-electron chi connectivity index (χ0n) is 8.33. The van der Waals surface area contributed by atoms with Crippen molar-refractivity contribution in [2.75, 3.05) is 13.7 Å². The van der Waals surface area contributed by atoms with Crippen molar-refractivity contribution in [2.24, 2.45) is 5.92 Å². The molecule has 0 aromatic heterocycles. The molecule has 15 heavy (non-hydrogen) atoms. The monoisotopic (exact) mass is 226 g/mol. The normalized spacial score (nSPS) is 18.9. The van der Waals surface area contributed by atoms with Gasteiger partial charge in [0.2, 0.25) is 5.24 Å². The number of benzene rings is 1. The average molecular weight is 227 g/mol. The summed E-state index contributed by atoms with van der Waals surface area (Å²) in [6.45, 7) is 0.363. The first-order chi connectivity index (χ1) is 7.20. The van der Waals surface area contributed by atoms with E-state index in [-0.39, 0.29) is 11.2 Å². The highest BCUT2D eigenvalue weighted by atomic mass is 35.5. The number of methoxy groups -OCH3 is 1. The average Bonchev–Trinajstić information content (AvgIpc) is 2.27. The van der Waals surface area contributed by atoms with Gasteiger partial charge in [-0.25, -0.2) is 0 Å². The summed E-state index contributed by atoms with van der Waals surface area (Å²) in [5.41, 5.74) is 0.972. The van der Waals surface area contributed by atoms with Crippen molar-refractivity contribution in [3.05, 3.63) is 23.8 Å². The van der Waals surface area contributed by atoms with Crippen LogP contribution in [-0.4, -0.2) is 19.0 Å². The minimum atomic E-state index is -0.344. The van der Waals surface area contributed by atoms with Crippen LogP contribution in [0.1, 0.15) is 5.56 Å². The Morgan fingerprint density at radius 3 is 3.07 bits per heavy atom. The van der Waals surface area contributed by atoms with E-state index < -0.39 is 0 Å². The fourth-order valence-electron chi connectivity index (χ4n) is 1.64. The summed E-state index contributed by atoms with van der Waals surface area (Å²) in [4.78, 5) is 11.0. The van der Waals surface area contributed by atoms with Crippen molar-refractivity contribution in [1.29, 1.82) is 0 Å². The molecule has 0 amide bonds. The molecular formula is C11H11ClO3. The van der Waals surface area contributed by atoms with Crippen molar-refractivity contribution in [3.63, 3.8) is 0 Å². The van der Waals surface area contributed by atoms with E-state index in [2.05, 4.69) is 0 Å². The lowest BCUT2D eigenvalue weighted by atomic mass is 9.98. The highest BCUT2D eigenvalue weighted by Gasteiger charge is 2.24. The van der Waals surface area contributed by atoms with Gasteiger partial charge in [0.05, 0.1) is 19.6 Å². The van der Waals surface area contributed by atoms with Crippen LogP contribution < -0.4 is 9.47 Å². The second-order valence-electron chi connectivity index (χ2n) is 3.49. The van der Waals surface area contributed by atoms with Gasteiger partial charge in [0.25, 0.3) is 0 Å². The molecule has 0 bridgehead atoms. The van der Waals surface area contributed by atoms with E-state index in [0.717, 1.165) is 17.1 Å². The van der Waals surface area contributed by atoms with E-state index in [9.17, 15) is 4.79 Å². The van der Waals surface area contributed by atoms with Gasteiger partial charge in [-0.15, -0.1) is 0 Å². The van der Waals surface area contributed by atoms with E-state index in [1.807, 2.05) is 18.2 Å². The Morgan fingerprint density at radius 2 is 2.40 bits per heavy atom. The molecule has 0 N–H and O–H groups in total. The minimum absolute atomic E-state index is 0.244. The first-order valence-electron chi connectivity index (χ1n) is 4.70. The van der Waals surface area contributed by atoms with Gasteiger partial charge in [-0.3, -0.25) is 4.79 Å². The SMILES string of the molecule is COc1ccc2c(c1)CC(C(=O)Cl)CO2. The Morgan fingerprint density at radius 1 is 1.60 bits per heavy atom. The Kier molecular flexibility index (Phi) is 2.82. The van der Waals surface area contributed by atoms with Crippen LogP contribution in [0.25, 0.3) is 0 Å². The Bertz CT molecular complexity index is 389. The predicted octanol–water partition coefficient (Wildman–Crippen LogP) is 2.01. The van der Waals surface area contributed by atoms with Gasteiger partial charge in [0.1, 0.15) is 11.5 Å². The Hall–Kier alpha value is -1.22. The zero-order chi connectivity index (χ0) is 10.8. The van der Waals surface area contributed by atoms with Gasteiger partial charge in [-0.05, 0) is 41.8 Å². The third kappa shape index (κ3) is 2.07. The number of hydrogen-bond donors (Lipinski definition) is 0. The largest absolute Gasteiger partial charge is 0.497 e. The molecule has 80 valence electrons. The molecule has 4 heteroatoms. The van der Waals surface area contributed by atoms with Gasteiger partial charge in [0.15, 0.2) is 0 Å². The first kappa shape index (κ1) is 10.3. The molecule has 0 fully saturated rings. The summed E-state index contributed by atoms with van der Waals surface area (Å²) in [5, 5.41) is -0.344. The van der Waals surface area contributed by atoms with Crippen molar-refractivity contribution in [2.45, 2.75) is 6.42 Å². The summed E-state index contributed by atoms with van der Waals surface area (Å²) < 4.78 is 10.5. The second kappa shape index (κ2) is 4.11. The number of carbonyl (C=O) groups is 1. The minimum Gasteiger partial charge on any atom is -0.497 e. The van der Waals surface area contributed by atoms with E-state index in [0.29, 0.717) is 13.0 Å². The maximum Gasteiger partial charge on any atom is 0.228 e. The number of fused-ring (bicyclic) bond motifs is 1. The van der Waals surface area contributed by atoms with Crippen LogP contribution in [0.15, 0.2) is 18.2 Å². The molecule has 1 aliphatic heterocycles. The van der Waals surface area contributed by atoms with Crippen LogP contribution in [-0.2, 0) is 11.2 Å². The molecule has 0 saturated carbocycles. The fraction of sp³-hybridized carbons (Fsp3) is 0.364. The number of rotatable bonds is 2. The zero-order valence-corrected chi connectivity index (χ0v) is 9.08. The van der Waals surface area contributed by atoms with Crippen LogP contribution in [0.5, 0.6) is 11.5 Å². The van der Waals surface area contributed by atoms with Gasteiger partial charge < -0.3 is 9.47 Å². The van der Waals surface area contributed by atoms with Crippen LogP contribution in [0, 0.1) is 5.92 Å². The maximum atomic E-state index is 11.0. The van der Waals surface area contributed by atoms with Crippen LogP contribution in [0.2, 0.25) is 0 Å². The van der Waals surface area contributed by atoms with E-state index in [4.69, 9.17) is 21.1 Å². The second-order valence-corrected chi connectivity index (χ2v) is 3.86. The van der Waals surface area contributed by atoms with Crippen molar-refractivity contribution in [3.8, 4) is 11.5 Å². The highest BCUT2D eigenvalue weighted by Crippen LogP contribution is 2.31. The topological polar surface area (TPSA) is 35.5 Å². The highest BCUT2D eigenvalue weighted by molar-refractivity contribution is 6.64. The number of hydrogen-bond acceptors (Lipinski definition) is 3. The molecule has 1 aliphatic rings. The molecule has 1 aromatic rings. The number of halogens is 1.